The Kier molecular flexibility index (Phi) is 8.26. The van der Waals surface area contributed by atoms with Gasteiger partial charge in [0.05, 0.1) is 0 Å². The van der Waals surface area contributed by atoms with Crippen molar-refractivity contribution in [3.8, 4) is 0 Å². The van der Waals surface area contributed by atoms with E-state index in [9.17, 15) is 9.59 Å². The van der Waals surface area contributed by atoms with Gasteiger partial charge < -0.3 is 10.6 Å². The average Bonchev–Trinajstić information content (AvgIpc) is 2.42. The third kappa shape index (κ3) is 7.85. The van der Waals surface area contributed by atoms with E-state index in [1.807, 2.05) is 4.90 Å². The van der Waals surface area contributed by atoms with Crippen LogP contribution in [0.5, 0.6) is 0 Å². The first-order valence-corrected chi connectivity index (χ1v) is 7.76. The smallest absolute Gasteiger partial charge is 0.222 e. The maximum atomic E-state index is 11.9. The van der Waals surface area contributed by atoms with Crippen molar-refractivity contribution in [3.63, 3.8) is 0 Å². The molecule has 4 nitrogen and oxygen atoms in total. The third-order valence-electron chi connectivity index (χ3n) is 3.77. The summed E-state index contributed by atoms with van der Waals surface area (Å²) < 4.78 is 0. The largest absolute Gasteiger partial charge is 0.370 e. The van der Waals surface area contributed by atoms with Gasteiger partial charge in [0, 0.05) is 25.9 Å². The molecule has 0 bridgehead atoms. The molecule has 4 heteroatoms. The number of carbonyl (C=O) groups is 2. The minimum atomic E-state index is -0.202. The molecule has 1 aliphatic heterocycles. The number of rotatable bonds is 9. The molecule has 0 unspecified atom stereocenters. The van der Waals surface area contributed by atoms with E-state index in [1.54, 1.807) is 0 Å². The molecule has 0 radical (unpaired) electrons. The van der Waals surface area contributed by atoms with Gasteiger partial charge in [0.2, 0.25) is 11.8 Å². The molecule has 1 fully saturated rings. The van der Waals surface area contributed by atoms with Gasteiger partial charge in [-0.1, -0.05) is 25.7 Å². The van der Waals surface area contributed by atoms with Crippen LogP contribution in [0.4, 0.5) is 0 Å². The first kappa shape index (κ1) is 16.0. The zero-order valence-corrected chi connectivity index (χ0v) is 12.0. The summed E-state index contributed by atoms with van der Waals surface area (Å²) in [6.45, 7) is 1.93. The predicted octanol–water partition coefficient (Wildman–Crippen LogP) is 2.61. The number of amides is 2. The Morgan fingerprint density at radius 1 is 0.789 bits per heavy atom. The van der Waals surface area contributed by atoms with Crippen LogP contribution < -0.4 is 5.73 Å². The first-order valence-electron chi connectivity index (χ1n) is 7.76. The molecule has 19 heavy (non-hydrogen) atoms. The molecule has 0 atom stereocenters. The topological polar surface area (TPSA) is 63.4 Å². The van der Waals surface area contributed by atoms with Crippen molar-refractivity contribution in [1.82, 2.24) is 4.90 Å². The highest BCUT2D eigenvalue weighted by molar-refractivity contribution is 5.76. The van der Waals surface area contributed by atoms with Gasteiger partial charge in [-0.3, -0.25) is 9.59 Å². The first-order chi connectivity index (χ1) is 9.20. The number of primary amides is 1. The van der Waals surface area contributed by atoms with Gasteiger partial charge in [-0.15, -0.1) is 0 Å². The zero-order valence-electron chi connectivity index (χ0n) is 12.0. The number of nitrogens with two attached hydrogens (primary N) is 1. The van der Waals surface area contributed by atoms with E-state index < -0.39 is 0 Å². The number of unbranched alkanes of at least 4 members (excludes halogenated alkanes) is 5. The SMILES string of the molecule is NC(=O)CCCCCCCCC(=O)N1CCCCC1. The van der Waals surface area contributed by atoms with E-state index >= 15 is 0 Å². The molecule has 2 N–H and O–H groups in total. The zero-order chi connectivity index (χ0) is 13.9. The molecule has 2 amide bonds. The average molecular weight is 268 g/mol. The Labute approximate surface area is 116 Å². The van der Waals surface area contributed by atoms with Crippen molar-refractivity contribution in [2.75, 3.05) is 13.1 Å². The lowest BCUT2D eigenvalue weighted by molar-refractivity contribution is -0.132. The molecule has 0 aliphatic carbocycles. The molecular weight excluding hydrogens is 240 g/mol. The molecule has 1 aliphatic rings. The number of piperidine rings is 1. The minimum absolute atomic E-state index is 0.202. The van der Waals surface area contributed by atoms with Crippen LogP contribution in [-0.2, 0) is 9.59 Å². The molecule has 1 rings (SSSR count). The fourth-order valence-electron chi connectivity index (χ4n) is 2.58. The van der Waals surface area contributed by atoms with Crippen LogP contribution in [-0.4, -0.2) is 29.8 Å². The summed E-state index contributed by atoms with van der Waals surface area (Å²) in [5.41, 5.74) is 5.08. The van der Waals surface area contributed by atoms with E-state index in [4.69, 9.17) is 5.73 Å². The number of likely N-dealkylation sites (tertiary alicyclic amines) is 1. The Balaban J connectivity index is 1.89. The fraction of sp³-hybridized carbons (Fsp3) is 0.867. The lowest BCUT2D eigenvalue weighted by Crippen LogP contribution is -2.35. The van der Waals surface area contributed by atoms with Gasteiger partial charge in [-0.25, -0.2) is 0 Å². The van der Waals surface area contributed by atoms with Gasteiger partial charge in [-0.2, -0.15) is 0 Å². The minimum Gasteiger partial charge on any atom is -0.370 e. The molecule has 1 heterocycles. The highest BCUT2D eigenvalue weighted by atomic mass is 16.2. The van der Waals surface area contributed by atoms with Crippen LogP contribution in [0.15, 0.2) is 0 Å². The van der Waals surface area contributed by atoms with Crippen molar-refractivity contribution in [2.45, 2.75) is 70.6 Å². The lowest BCUT2D eigenvalue weighted by Gasteiger charge is -2.26. The van der Waals surface area contributed by atoms with E-state index in [1.165, 1.54) is 19.3 Å². The highest BCUT2D eigenvalue weighted by Crippen LogP contribution is 2.13. The summed E-state index contributed by atoms with van der Waals surface area (Å²) in [7, 11) is 0. The second kappa shape index (κ2) is 9.82. The van der Waals surface area contributed by atoms with Gasteiger partial charge in [-0.05, 0) is 32.1 Å². The van der Waals surface area contributed by atoms with Gasteiger partial charge in [0.15, 0.2) is 0 Å². The van der Waals surface area contributed by atoms with Crippen molar-refractivity contribution >= 4 is 11.8 Å². The second-order valence-electron chi connectivity index (χ2n) is 5.53. The van der Waals surface area contributed by atoms with Crippen LogP contribution in [0.25, 0.3) is 0 Å². The monoisotopic (exact) mass is 268 g/mol. The van der Waals surface area contributed by atoms with Crippen molar-refractivity contribution in [2.24, 2.45) is 5.73 Å². The molecule has 0 aromatic carbocycles. The number of hydrogen-bond acceptors (Lipinski definition) is 2. The molecule has 1 saturated heterocycles. The van der Waals surface area contributed by atoms with Crippen LogP contribution in [0.2, 0.25) is 0 Å². The molecule has 0 aromatic rings. The van der Waals surface area contributed by atoms with Crippen LogP contribution in [0, 0.1) is 0 Å². The third-order valence-corrected chi connectivity index (χ3v) is 3.77. The number of hydrogen-bond donors (Lipinski definition) is 1. The maximum absolute atomic E-state index is 11.9. The van der Waals surface area contributed by atoms with Gasteiger partial charge >= 0.3 is 0 Å². The fourth-order valence-corrected chi connectivity index (χ4v) is 2.58. The summed E-state index contributed by atoms with van der Waals surface area (Å²) in [6.07, 6.45) is 11.2. The van der Waals surface area contributed by atoms with Crippen molar-refractivity contribution in [1.29, 1.82) is 0 Å². The van der Waals surface area contributed by atoms with Crippen LogP contribution in [0.3, 0.4) is 0 Å². The van der Waals surface area contributed by atoms with E-state index in [0.29, 0.717) is 18.7 Å². The number of carbonyl (C=O) groups excluding carboxylic acids is 2. The summed E-state index contributed by atoms with van der Waals surface area (Å²) in [5.74, 6) is 0.139. The second-order valence-corrected chi connectivity index (χ2v) is 5.53. The summed E-state index contributed by atoms with van der Waals surface area (Å²) >= 11 is 0. The lowest BCUT2D eigenvalue weighted by atomic mass is 10.1. The van der Waals surface area contributed by atoms with Crippen LogP contribution in [0.1, 0.15) is 70.6 Å². The Morgan fingerprint density at radius 3 is 1.89 bits per heavy atom. The number of nitrogens with zero attached hydrogens (tertiary/aromatic N) is 1. The van der Waals surface area contributed by atoms with Gasteiger partial charge in [0.25, 0.3) is 0 Å². The molecular formula is C15H28N2O2. The van der Waals surface area contributed by atoms with E-state index in [2.05, 4.69) is 0 Å². The van der Waals surface area contributed by atoms with Crippen molar-refractivity contribution in [3.05, 3.63) is 0 Å². The molecule has 110 valence electrons. The standard InChI is InChI=1S/C15H28N2O2/c16-14(18)10-6-3-1-2-4-7-11-15(19)17-12-8-5-9-13-17/h1-13H2,(H2,16,18). The van der Waals surface area contributed by atoms with Crippen molar-refractivity contribution < 1.29 is 9.59 Å². The Bertz CT molecular complexity index is 273. The highest BCUT2D eigenvalue weighted by Gasteiger charge is 2.15. The van der Waals surface area contributed by atoms with Gasteiger partial charge in [0.1, 0.15) is 0 Å². The summed E-state index contributed by atoms with van der Waals surface area (Å²) in [4.78, 5) is 24.4. The van der Waals surface area contributed by atoms with E-state index in [0.717, 1.165) is 51.6 Å². The maximum Gasteiger partial charge on any atom is 0.222 e. The Morgan fingerprint density at radius 2 is 1.32 bits per heavy atom. The summed E-state index contributed by atoms with van der Waals surface area (Å²) in [5, 5.41) is 0. The predicted molar refractivity (Wildman–Crippen MR) is 76.6 cm³/mol. The Hall–Kier alpha value is -1.06. The molecule has 0 spiro atoms. The van der Waals surface area contributed by atoms with Crippen LogP contribution >= 0.6 is 0 Å². The quantitative estimate of drug-likeness (QED) is 0.653. The van der Waals surface area contributed by atoms with E-state index in [-0.39, 0.29) is 5.91 Å². The molecule has 0 aromatic heterocycles. The molecule has 0 saturated carbocycles. The summed E-state index contributed by atoms with van der Waals surface area (Å²) in [6, 6.07) is 0. The normalized spacial score (nSPS) is 15.5.